The second-order valence-corrected chi connectivity index (χ2v) is 8.01. The Bertz CT molecular complexity index is 1190. The van der Waals surface area contributed by atoms with Crippen LogP contribution >= 0.6 is 0 Å². The molecule has 0 unspecified atom stereocenters. The molecule has 1 aromatic heterocycles. The zero-order valence-corrected chi connectivity index (χ0v) is 16.2. The van der Waals surface area contributed by atoms with Gasteiger partial charge in [0.2, 0.25) is 5.43 Å². The van der Waals surface area contributed by atoms with E-state index in [0.29, 0.717) is 32.4 Å². The number of hydrogen-bond donors (Lipinski definition) is 1. The van der Waals surface area contributed by atoms with Crippen molar-refractivity contribution >= 4 is 32.7 Å². The van der Waals surface area contributed by atoms with Crippen LogP contribution in [-0.4, -0.2) is 51.4 Å². The molecule has 154 valence electrons. The Labute approximate surface area is 165 Å². The molecule has 0 radical (unpaired) electrons. The second kappa shape index (κ2) is 7.81. The number of carbonyl (C=O) groups is 1. The predicted molar refractivity (Wildman–Crippen MR) is 102 cm³/mol. The van der Waals surface area contributed by atoms with E-state index in [4.69, 9.17) is 6.42 Å². The van der Waals surface area contributed by atoms with Gasteiger partial charge >= 0.3 is 16.1 Å². The highest BCUT2D eigenvalue weighted by Crippen LogP contribution is 2.30. The van der Waals surface area contributed by atoms with Crippen molar-refractivity contribution in [1.82, 2.24) is 9.88 Å². The first kappa shape index (κ1) is 20.8. The highest BCUT2D eigenvalue weighted by atomic mass is 32.2. The quantitative estimate of drug-likeness (QED) is 0.561. The molecule has 1 aliphatic heterocycles. The molecule has 0 saturated carbocycles. The van der Waals surface area contributed by atoms with E-state index in [1.54, 1.807) is 0 Å². The Morgan fingerprint density at radius 1 is 1.34 bits per heavy atom. The van der Waals surface area contributed by atoms with Crippen LogP contribution in [0, 0.1) is 24.0 Å². The maximum absolute atomic E-state index is 15.3. The van der Waals surface area contributed by atoms with E-state index in [0.717, 1.165) is 16.8 Å². The molecular weight excluding hydrogens is 408 g/mol. The largest absolute Gasteiger partial charge is 0.364 e. The molecular formula is C18H17F2N3O5S. The molecule has 0 spiro atoms. The average Bonchev–Trinajstić information content (AvgIpc) is 2.63. The highest BCUT2D eigenvalue weighted by Gasteiger charge is 2.27. The van der Waals surface area contributed by atoms with Gasteiger partial charge in [-0.15, -0.1) is 6.42 Å². The van der Waals surface area contributed by atoms with Crippen LogP contribution in [0.1, 0.15) is 10.4 Å². The van der Waals surface area contributed by atoms with Gasteiger partial charge in [0.05, 0.1) is 23.7 Å². The number of rotatable bonds is 4. The van der Waals surface area contributed by atoms with Gasteiger partial charge in [-0.2, -0.15) is 8.42 Å². The fraction of sp³-hybridized carbons (Fsp3) is 0.333. The van der Waals surface area contributed by atoms with Gasteiger partial charge < -0.3 is 19.0 Å². The molecule has 1 fully saturated rings. The molecule has 1 N–H and O–H groups in total. The van der Waals surface area contributed by atoms with E-state index in [-0.39, 0.29) is 17.7 Å². The van der Waals surface area contributed by atoms with Gasteiger partial charge in [-0.25, -0.2) is 13.6 Å². The van der Waals surface area contributed by atoms with Gasteiger partial charge in [0.1, 0.15) is 17.1 Å². The molecule has 2 heterocycles. The van der Waals surface area contributed by atoms with Gasteiger partial charge in [0, 0.05) is 32.4 Å². The molecule has 11 heteroatoms. The Hall–Kier alpha value is -2.97. The van der Waals surface area contributed by atoms with E-state index in [9.17, 15) is 22.4 Å². The third-order valence-corrected chi connectivity index (χ3v) is 4.83. The molecule has 29 heavy (non-hydrogen) atoms. The molecule has 1 aliphatic rings. The summed E-state index contributed by atoms with van der Waals surface area (Å²) >= 11 is 0. The first-order valence-electron chi connectivity index (χ1n) is 8.52. The lowest BCUT2D eigenvalue weighted by Crippen LogP contribution is -2.44. The summed E-state index contributed by atoms with van der Waals surface area (Å²) < 4.78 is 57.8. The number of nitrogens with zero attached hydrogens (tertiary/aromatic N) is 2. The van der Waals surface area contributed by atoms with Gasteiger partial charge in [-0.1, -0.05) is 5.92 Å². The normalized spacial score (nSPS) is 14.6. The number of hydrogen-bond acceptors (Lipinski definition) is 7. The van der Waals surface area contributed by atoms with Crippen molar-refractivity contribution in [3.8, 4) is 12.3 Å². The molecule has 0 atom stereocenters. The Morgan fingerprint density at radius 2 is 2.00 bits per heavy atom. The number of aromatic nitrogens is 1. The van der Waals surface area contributed by atoms with Gasteiger partial charge in [0.15, 0.2) is 5.82 Å². The fourth-order valence-electron chi connectivity index (χ4n) is 3.21. The number of carbonyl (C=O) groups excluding carboxylic acids is 1. The lowest BCUT2D eigenvalue weighted by Gasteiger charge is -2.30. The number of piperazine rings is 1. The Balaban J connectivity index is 2.28. The molecule has 1 aromatic carbocycles. The summed E-state index contributed by atoms with van der Waals surface area (Å²) in [5.41, 5.74) is -2.34. The van der Waals surface area contributed by atoms with Crippen molar-refractivity contribution in [2.24, 2.45) is 0 Å². The monoisotopic (exact) mass is 425 g/mol. The number of halogens is 2. The molecule has 3 rings (SSSR count). The number of pyridine rings is 1. The lowest BCUT2D eigenvalue weighted by molar-refractivity contribution is 0.0746. The summed E-state index contributed by atoms with van der Waals surface area (Å²) in [6, 6.07) is 0.822. The lowest BCUT2D eigenvalue weighted by atomic mass is 10.1. The van der Waals surface area contributed by atoms with Crippen molar-refractivity contribution in [2.75, 3.05) is 37.3 Å². The molecule has 1 saturated heterocycles. The minimum Gasteiger partial charge on any atom is -0.364 e. The number of fused-ring (bicyclic) bond motifs is 1. The van der Waals surface area contributed by atoms with Crippen LogP contribution in [0.25, 0.3) is 10.9 Å². The third-order valence-electron chi connectivity index (χ3n) is 4.37. The zero-order chi connectivity index (χ0) is 21.3. The average molecular weight is 425 g/mol. The van der Waals surface area contributed by atoms with Crippen molar-refractivity contribution in [3.63, 3.8) is 0 Å². The maximum Gasteiger partial charge on any atom is 0.359 e. The van der Waals surface area contributed by atoms with Crippen LogP contribution in [-0.2, 0) is 20.8 Å². The highest BCUT2D eigenvalue weighted by molar-refractivity contribution is 7.86. The number of anilines is 1. The topological polar surface area (TPSA) is 97.7 Å². The van der Waals surface area contributed by atoms with Crippen LogP contribution in [0.4, 0.5) is 14.5 Å². The summed E-state index contributed by atoms with van der Waals surface area (Å²) in [5, 5.41) is 2.62. The number of benzene rings is 1. The standard InChI is InChI=1S/C18H17F2N3O5S/c1-3-6-23-10-12(18(25)28-29(2,26)27)17(24)11-9-13(19)16(14(20)15(11)23)22-7-4-21-5-8-22/h1,9-10,21H,4-8H2,2H3. The van der Waals surface area contributed by atoms with E-state index in [1.807, 2.05) is 0 Å². The first-order valence-corrected chi connectivity index (χ1v) is 10.3. The minimum absolute atomic E-state index is 0.251. The molecule has 0 aliphatic carbocycles. The van der Waals surface area contributed by atoms with Crippen LogP contribution < -0.4 is 15.6 Å². The minimum atomic E-state index is -4.20. The number of terminal acetylenes is 1. The van der Waals surface area contributed by atoms with Crippen LogP contribution in [0.5, 0.6) is 0 Å². The van der Waals surface area contributed by atoms with E-state index in [2.05, 4.69) is 15.4 Å². The maximum atomic E-state index is 15.3. The smallest absolute Gasteiger partial charge is 0.359 e. The molecule has 0 amide bonds. The van der Waals surface area contributed by atoms with Gasteiger partial charge in [-0.3, -0.25) is 4.79 Å². The van der Waals surface area contributed by atoms with E-state index >= 15 is 4.39 Å². The first-order chi connectivity index (χ1) is 13.6. The predicted octanol–water partition coefficient (Wildman–Crippen LogP) is 0.439. The number of nitrogens with one attached hydrogen (secondary N) is 1. The van der Waals surface area contributed by atoms with Gasteiger partial charge in [0.25, 0.3) is 0 Å². The summed E-state index contributed by atoms with van der Waals surface area (Å²) in [4.78, 5) is 26.3. The van der Waals surface area contributed by atoms with Crippen molar-refractivity contribution in [1.29, 1.82) is 0 Å². The summed E-state index contributed by atoms with van der Waals surface area (Å²) in [6.45, 7) is 1.53. The third kappa shape index (κ3) is 4.08. The molecule has 2 aromatic rings. The van der Waals surface area contributed by atoms with E-state index < -0.39 is 44.1 Å². The summed E-state index contributed by atoms with van der Waals surface area (Å²) in [7, 11) is -4.20. The fourth-order valence-corrected chi connectivity index (χ4v) is 3.57. The second-order valence-electron chi connectivity index (χ2n) is 6.43. The summed E-state index contributed by atoms with van der Waals surface area (Å²) in [5.74, 6) is -1.17. The Morgan fingerprint density at radius 3 is 2.59 bits per heavy atom. The van der Waals surface area contributed by atoms with Crippen LogP contribution in [0.2, 0.25) is 0 Å². The van der Waals surface area contributed by atoms with Gasteiger partial charge in [-0.05, 0) is 6.07 Å². The molecule has 0 bridgehead atoms. The van der Waals surface area contributed by atoms with Crippen molar-refractivity contribution in [2.45, 2.75) is 6.54 Å². The Kier molecular flexibility index (Phi) is 5.59. The van der Waals surface area contributed by atoms with E-state index in [1.165, 1.54) is 4.90 Å². The van der Waals surface area contributed by atoms with Crippen molar-refractivity contribution in [3.05, 3.63) is 39.7 Å². The van der Waals surface area contributed by atoms with Crippen molar-refractivity contribution < 1.29 is 26.2 Å². The molecule has 8 nitrogen and oxygen atoms in total. The van der Waals surface area contributed by atoms with Crippen LogP contribution in [0.15, 0.2) is 17.1 Å². The van der Waals surface area contributed by atoms with Crippen LogP contribution in [0.3, 0.4) is 0 Å². The summed E-state index contributed by atoms with van der Waals surface area (Å²) in [6.07, 6.45) is 6.85. The SMILES string of the molecule is C#CCn1cc(C(=O)OS(C)(=O)=O)c(=O)c2cc(F)c(N3CCNCC3)c(F)c21. The zero-order valence-electron chi connectivity index (χ0n) is 15.4.